The molecule has 3 aromatic carbocycles. The second-order valence-corrected chi connectivity index (χ2v) is 6.95. The molecule has 4 heteroatoms. The topological polar surface area (TPSA) is 38.3 Å². The highest BCUT2D eigenvalue weighted by molar-refractivity contribution is 6.30. The number of hydrogen-bond acceptors (Lipinski definition) is 2. The minimum atomic E-state index is -0.229. The summed E-state index contributed by atoms with van der Waals surface area (Å²) in [6.45, 7) is 4.05. The van der Waals surface area contributed by atoms with E-state index in [1.807, 2.05) is 30.3 Å². The van der Waals surface area contributed by atoms with Crippen LogP contribution in [0.5, 0.6) is 5.75 Å². The van der Waals surface area contributed by atoms with E-state index in [1.165, 1.54) is 0 Å². The van der Waals surface area contributed by atoms with Crippen LogP contribution in [0.25, 0.3) is 0 Å². The van der Waals surface area contributed by atoms with Gasteiger partial charge in [-0.05, 0) is 54.8 Å². The van der Waals surface area contributed by atoms with E-state index in [4.69, 9.17) is 16.3 Å². The normalized spacial score (nSPS) is 11.7. The van der Waals surface area contributed by atoms with Gasteiger partial charge in [-0.15, -0.1) is 0 Å². The summed E-state index contributed by atoms with van der Waals surface area (Å²) in [6, 6.07) is 23.0. The molecule has 3 aromatic rings. The number of benzene rings is 3. The van der Waals surface area contributed by atoms with Crippen molar-refractivity contribution in [1.29, 1.82) is 0 Å². The molecule has 138 valence electrons. The van der Waals surface area contributed by atoms with E-state index in [9.17, 15) is 4.79 Å². The molecule has 1 N–H and O–H groups in total. The first-order valence-corrected chi connectivity index (χ1v) is 9.20. The molecule has 3 nitrogen and oxygen atoms in total. The molecular formula is C23H22ClNO2. The van der Waals surface area contributed by atoms with Gasteiger partial charge in [0.2, 0.25) is 0 Å². The summed E-state index contributed by atoms with van der Waals surface area (Å²) in [4.78, 5) is 12.6. The Kier molecular flexibility index (Phi) is 6.15. The summed E-state index contributed by atoms with van der Waals surface area (Å²) in [6.07, 6.45) is 0. The zero-order valence-electron chi connectivity index (χ0n) is 15.4. The Morgan fingerprint density at radius 2 is 1.70 bits per heavy atom. The Balaban J connectivity index is 1.78. The van der Waals surface area contributed by atoms with Crippen LogP contribution in [-0.4, -0.2) is 12.5 Å². The molecule has 0 aliphatic rings. The molecular weight excluding hydrogens is 358 g/mol. The van der Waals surface area contributed by atoms with Crippen LogP contribution in [0.2, 0.25) is 5.02 Å². The average Bonchev–Trinajstić information content (AvgIpc) is 2.68. The quantitative estimate of drug-likeness (QED) is 0.635. The van der Waals surface area contributed by atoms with Crippen molar-refractivity contribution in [2.75, 3.05) is 6.61 Å². The maximum atomic E-state index is 12.6. The predicted octanol–water partition coefficient (Wildman–Crippen LogP) is 5.24. The SMILES string of the molecule is Cc1ccc(C)c([C@H](NC(=O)COc2ccc(Cl)cc2)c2ccccc2)c1. The molecule has 3 rings (SSSR count). The van der Waals surface area contributed by atoms with E-state index >= 15 is 0 Å². The van der Waals surface area contributed by atoms with Crippen molar-refractivity contribution in [3.8, 4) is 5.75 Å². The number of nitrogens with one attached hydrogen (secondary N) is 1. The Morgan fingerprint density at radius 3 is 2.41 bits per heavy atom. The maximum absolute atomic E-state index is 12.6. The molecule has 0 unspecified atom stereocenters. The number of ether oxygens (including phenoxy) is 1. The molecule has 0 radical (unpaired) electrons. The van der Waals surface area contributed by atoms with Crippen molar-refractivity contribution in [3.05, 3.63) is 100 Å². The molecule has 0 saturated carbocycles. The average molecular weight is 380 g/mol. The first kappa shape index (κ1) is 19.0. The van der Waals surface area contributed by atoms with E-state index in [0.717, 1.165) is 22.3 Å². The Hall–Kier alpha value is -2.78. The Bertz CT molecular complexity index is 907. The molecule has 27 heavy (non-hydrogen) atoms. The smallest absolute Gasteiger partial charge is 0.258 e. The van der Waals surface area contributed by atoms with Gasteiger partial charge in [-0.2, -0.15) is 0 Å². The Morgan fingerprint density at radius 1 is 1.00 bits per heavy atom. The zero-order chi connectivity index (χ0) is 19.2. The van der Waals surface area contributed by atoms with Crippen LogP contribution < -0.4 is 10.1 Å². The molecule has 0 aliphatic heterocycles. The van der Waals surface area contributed by atoms with Crippen molar-refractivity contribution < 1.29 is 9.53 Å². The third-order valence-electron chi connectivity index (χ3n) is 4.37. The van der Waals surface area contributed by atoms with Gasteiger partial charge in [0.05, 0.1) is 6.04 Å². The van der Waals surface area contributed by atoms with Gasteiger partial charge in [-0.1, -0.05) is 65.7 Å². The number of halogens is 1. The lowest BCUT2D eigenvalue weighted by Crippen LogP contribution is -2.33. The van der Waals surface area contributed by atoms with Crippen LogP contribution in [-0.2, 0) is 4.79 Å². The fourth-order valence-electron chi connectivity index (χ4n) is 2.94. The van der Waals surface area contributed by atoms with Gasteiger partial charge < -0.3 is 10.1 Å². The second kappa shape index (κ2) is 8.74. The predicted molar refractivity (Wildman–Crippen MR) is 109 cm³/mol. The number of rotatable bonds is 6. The van der Waals surface area contributed by atoms with Gasteiger partial charge in [0, 0.05) is 5.02 Å². The molecule has 1 atom stereocenters. The number of carbonyl (C=O) groups is 1. The highest BCUT2D eigenvalue weighted by Crippen LogP contribution is 2.26. The lowest BCUT2D eigenvalue weighted by molar-refractivity contribution is -0.123. The molecule has 0 heterocycles. The third-order valence-corrected chi connectivity index (χ3v) is 4.62. The van der Waals surface area contributed by atoms with Crippen LogP contribution in [0.4, 0.5) is 0 Å². The van der Waals surface area contributed by atoms with Gasteiger partial charge in [0.15, 0.2) is 6.61 Å². The minimum Gasteiger partial charge on any atom is -0.484 e. The fourth-order valence-corrected chi connectivity index (χ4v) is 3.07. The number of carbonyl (C=O) groups excluding carboxylic acids is 1. The van der Waals surface area contributed by atoms with E-state index in [-0.39, 0.29) is 18.6 Å². The summed E-state index contributed by atoms with van der Waals surface area (Å²) >= 11 is 5.87. The molecule has 0 fully saturated rings. The fraction of sp³-hybridized carbons (Fsp3) is 0.174. The van der Waals surface area contributed by atoms with Gasteiger partial charge in [-0.25, -0.2) is 0 Å². The van der Waals surface area contributed by atoms with E-state index in [0.29, 0.717) is 10.8 Å². The molecule has 0 spiro atoms. The highest BCUT2D eigenvalue weighted by atomic mass is 35.5. The molecule has 0 saturated heterocycles. The van der Waals surface area contributed by atoms with Crippen molar-refractivity contribution in [3.63, 3.8) is 0 Å². The number of amides is 1. The monoisotopic (exact) mass is 379 g/mol. The number of hydrogen-bond donors (Lipinski definition) is 1. The van der Waals surface area contributed by atoms with E-state index < -0.39 is 0 Å². The molecule has 1 amide bonds. The standard InChI is InChI=1S/C23H22ClNO2/c1-16-8-9-17(2)21(14-16)23(18-6-4-3-5-7-18)25-22(26)15-27-20-12-10-19(24)11-13-20/h3-14,23H,15H2,1-2H3,(H,25,26)/t23-/m1/s1. The van der Waals surface area contributed by atoms with Crippen LogP contribution in [0.1, 0.15) is 28.3 Å². The summed E-state index contributed by atoms with van der Waals surface area (Å²) in [5.74, 6) is 0.428. The third kappa shape index (κ3) is 5.11. The van der Waals surface area contributed by atoms with Crippen molar-refractivity contribution in [2.45, 2.75) is 19.9 Å². The lowest BCUT2D eigenvalue weighted by atomic mass is 9.93. The number of aryl methyl sites for hydroxylation is 2. The van der Waals surface area contributed by atoms with Crippen LogP contribution in [0.15, 0.2) is 72.8 Å². The largest absolute Gasteiger partial charge is 0.484 e. The lowest BCUT2D eigenvalue weighted by Gasteiger charge is -2.22. The van der Waals surface area contributed by atoms with Crippen LogP contribution >= 0.6 is 11.6 Å². The van der Waals surface area contributed by atoms with E-state index in [2.05, 4.69) is 37.4 Å². The van der Waals surface area contributed by atoms with Crippen molar-refractivity contribution in [1.82, 2.24) is 5.32 Å². The zero-order valence-corrected chi connectivity index (χ0v) is 16.2. The summed E-state index contributed by atoms with van der Waals surface area (Å²) in [7, 11) is 0. The van der Waals surface area contributed by atoms with E-state index in [1.54, 1.807) is 24.3 Å². The minimum absolute atomic E-state index is 0.0597. The summed E-state index contributed by atoms with van der Waals surface area (Å²) in [5, 5.41) is 3.74. The van der Waals surface area contributed by atoms with Crippen molar-refractivity contribution in [2.24, 2.45) is 0 Å². The highest BCUT2D eigenvalue weighted by Gasteiger charge is 2.19. The first-order chi connectivity index (χ1) is 13.0. The van der Waals surface area contributed by atoms with Gasteiger partial charge in [-0.3, -0.25) is 4.79 Å². The second-order valence-electron chi connectivity index (χ2n) is 6.51. The summed E-state index contributed by atoms with van der Waals surface area (Å²) < 4.78 is 5.58. The Labute approximate surface area is 164 Å². The summed E-state index contributed by atoms with van der Waals surface area (Å²) in [5.41, 5.74) is 4.41. The molecule has 0 bridgehead atoms. The maximum Gasteiger partial charge on any atom is 0.258 e. The van der Waals surface area contributed by atoms with Crippen LogP contribution in [0.3, 0.4) is 0 Å². The molecule has 0 aromatic heterocycles. The van der Waals surface area contributed by atoms with Gasteiger partial charge in [0.25, 0.3) is 5.91 Å². The first-order valence-electron chi connectivity index (χ1n) is 8.83. The van der Waals surface area contributed by atoms with Gasteiger partial charge in [0.1, 0.15) is 5.75 Å². The molecule has 0 aliphatic carbocycles. The van der Waals surface area contributed by atoms with Crippen molar-refractivity contribution >= 4 is 17.5 Å². The van der Waals surface area contributed by atoms with Crippen LogP contribution in [0, 0.1) is 13.8 Å². The van der Waals surface area contributed by atoms with Gasteiger partial charge >= 0.3 is 0 Å².